The number of amides is 1. The van der Waals surface area contributed by atoms with Crippen molar-refractivity contribution < 1.29 is 4.79 Å². The number of hydrogen-bond donors (Lipinski definition) is 3. The van der Waals surface area contributed by atoms with Crippen molar-refractivity contribution in [2.24, 2.45) is 0 Å². The molecule has 0 aliphatic carbocycles. The molecule has 2 heterocycles. The number of imidazole rings is 1. The van der Waals surface area contributed by atoms with Crippen molar-refractivity contribution in [3.63, 3.8) is 0 Å². The van der Waals surface area contributed by atoms with E-state index in [0.29, 0.717) is 11.5 Å². The van der Waals surface area contributed by atoms with Crippen molar-refractivity contribution >= 4 is 22.8 Å². The van der Waals surface area contributed by atoms with Gasteiger partial charge in [0.15, 0.2) is 0 Å². The molecule has 1 aromatic carbocycles. The fourth-order valence-electron chi connectivity index (χ4n) is 1.79. The van der Waals surface area contributed by atoms with Crippen molar-refractivity contribution in [3.05, 3.63) is 48.4 Å². The molecule has 5 heteroatoms. The normalized spacial score (nSPS) is 10.6. The first-order chi connectivity index (χ1) is 8.34. The smallest absolute Gasteiger partial charge is 0.258 e. The predicted molar refractivity (Wildman–Crippen MR) is 64.8 cm³/mol. The van der Waals surface area contributed by atoms with Gasteiger partial charge in [-0.15, -0.1) is 0 Å². The second-order valence-corrected chi connectivity index (χ2v) is 3.64. The standard InChI is InChI=1S/C12H10N4O/c17-11(16-12-14-6-7-15-12)9-2-1-3-10-8(9)4-5-13-10/h1-7,13H,(H2,14,15,16,17). The average molecular weight is 226 g/mol. The van der Waals surface area contributed by atoms with Gasteiger partial charge in [0.2, 0.25) is 5.95 Å². The van der Waals surface area contributed by atoms with Gasteiger partial charge in [0.1, 0.15) is 0 Å². The van der Waals surface area contributed by atoms with Gasteiger partial charge >= 0.3 is 0 Å². The summed E-state index contributed by atoms with van der Waals surface area (Å²) in [5, 5.41) is 3.60. The van der Waals surface area contributed by atoms with E-state index in [2.05, 4.69) is 20.3 Å². The van der Waals surface area contributed by atoms with Gasteiger partial charge in [0, 0.05) is 35.1 Å². The summed E-state index contributed by atoms with van der Waals surface area (Å²) in [5.74, 6) is 0.271. The predicted octanol–water partition coefficient (Wildman–Crippen LogP) is 2.14. The minimum Gasteiger partial charge on any atom is -0.361 e. The Hall–Kier alpha value is -2.56. The van der Waals surface area contributed by atoms with Crippen LogP contribution in [-0.4, -0.2) is 20.9 Å². The maximum absolute atomic E-state index is 12.0. The van der Waals surface area contributed by atoms with E-state index >= 15 is 0 Å². The number of aromatic amines is 2. The van der Waals surface area contributed by atoms with Crippen LogP contribution in [0.4, 0.5) is 5.95 Å². The highest BCUT2D eigenvalue weighted by atomic mass is 16.1. The largest absolute Gasteiger partial charge is 0.361 e. The highest BCUT2D eigenvalue weighted by Gasteiger charge is 2.11. The molecule has 0 fully saturated rings. The Morgan fingerprint density at radius 3 is 2.94 bits per heavy atom. The van der Waals surface area contributed by atoms with Gasteiger partial charge in [-0.05, 0) is 18.2 Å². The summed E-state index contributed by atoms with van der Waals surface area (Å²) in [4.78, 5) is 21.9. The molecule has 1 amide bonds. The molecule has 17 heavy (non-hydrogen) atoms. The number of aromatic nitrogens is 3. The lowest BCUT2D eigenvalue weighted by molar-refractivity contribution is 0.102. The Morgan fingerprint density at radius 1 is 1.18 bits per heavy atom. The zero-order valence-electron chi connectivity index (χ0n) is 8.90. The van der Waals surface area contributed by atoms with Crippen LogP contribution in [0.2, 0.25) is 0 Å². The number of H-pyrrole nitrogens is 2. The number of benzene rings is 1. The molecule has 3 rings (SSSR count). The summed E-state index contributed by atoms with van der Waals surface area (Å²) < 4.78 is 0. The molecule has 0 bridgehead atoms. The second kappa shape index (κ2) is 3.79. The molecule has 0 saturated carbocycles. The van der Waals surface area contributed by atoms with Gasteiger partial charge in [0.25, 0.3) is 5.91 Å². The summed E-state index contributed by atoms with van der Waals surface area (Å²) in [6.45, 7) is 0. The molecule has 3 aromatic rings. The topological polar surface area (TPSA) is 73.6 Å². The number of carbonyl (C=O) groups is 1. The van der Waals surface area contributed by atoms with E-state index in [9.17, 15) is 4.79 Å². The number of anilines is 1. The van der Waals surface area contributed by atoms with Gasteiger partial charge in [0.05, 0.1) is 0 Å². The Morgan fingerprint density at radius 2 is 2.12 bits per heavy atom. The van der Waals surface area contributed by atoms with E-state index in [4.69, 9.17) is 0 Å². The van der Waals surface area contributed by atoms with E-state index in [-0.39, 0.29) is 5.91 Å². The maximum atomic E-state index is 12.0. The van der Waals surface area contributed by atoms with Gasteiger partial charge in [-0.2, -0.15) is 0 Å². The molecule has 0 radical (unpaired) electrons. The summed E-state index contributed by atoms with van der Waals surface area (Å²) in [6, 6.07) is 7.44. The number of nitrogens with zero attached hydrogens (tertiary/aromatic N) is 1. The molecule has 0 spiro atoms. The van der Waals surface area contributed by atoms with Gasteiger partial charge in [-0.1, -0.05) is 6.07 Å². The zero-order chi connectivity index (χ0) is 11.7. The first-order valence-corrected chi connectivity index (χ1v) is 5.21. The van der Waals surface area contributed by atoms with E-state index < -0.39 is 0 Å². The lowest BCUT2D eigenvalue weighted by Gasteiger charge is -2.03. The Bertz CT molecular complexity index is 654. The Balaban J connectivity index is 1.98. The molecule has 0 atom stereocenters. The molecule has 84 valence electrons. The fourth-order valence-corrected chi connectivity index (χ4v) is 1.79. The van der Waals surface area contributed by atoms with Crippen LogP contribution in [0.1, 0.15) is 10.4 Å². The third-order valence-electron chi connectivity index (χ3n) is 2.57. The Labute approximate surface area is 96.9 Å². The van der Waals surface area contributed by atoms with E-state index in [1.165, 1.54) is 0 Å². The monoisotopic (exact) mass is 226 g/mol. The van der Waals surface area contributed by atoms with Gasteiger partial charge in [-0.25, -0.2) is 4.98 Å². The van der Waals surface area contributed by atoms with Crippen molar-refractivity contribution in [2.45, 2.75) is 0 Å². The van der Waals surface area contributed by atoms with Crippen LogP contribution < -0.4 is 5.32 Å². The molecule has 0 aliphatic rings. The summed E-state index contributed by atoms with van der Waals surface area (Å²) >= 11 is 0. The van der Waals surface area contributed by atoms with Crippen molar-refractivity contribution in [3.8, 4) is 0 Å². The molecule has 0 unspecified atom stereocenters. The number of carbonyl (C=O) groups excluding carboxylic acids is 1. The van der Waals surface area contributed by atoms with Gasteiger partial charge in [-0.3, -0.25) is 10.1 Å². The third-order valence-corrected chi connectivity index (χ3v) is 2.57. The zero-order valence-corrected chi connectivity index (χ0v) is 8.90. The lowest BCUT2D eigenvalue weighted by Crippen LogP contribution is -2.13. The van der Waals surface area contributed by atoms with Crippen LogP contribution in [0.15, 0.2) is 42.9 Å². The molecule has 0 saturated heterocycles. The number of fused-ring (bicyclic) bond motifs is 1. The average Bonchev–Trinajstić information content (AvgIpc) is 2.97. The molecular formula is C12H10N4O. The van der Waals surface area contributed by atoms with Crippen LogP contribution in [0, 0.1) is 0 Å². The first-order valence-electron chi connectivity index (χ1n) is 5.21. The van der Waals surface area contributed by atoms with Crippen LogP contribution >= 0.6 is 0 Å². The number of hydrogen-bond acceptors (Lipinski definition) is 2. The first kappa shape index (κ1) is 9.65. The van der Waals surface area contributed by atoms with Crippen LogP contribution in [-0.2, 0) is 0 Å². The van der Waals surface area contributed by atoms with Crippen molar-refractivity contribution in [1.82, 2.24) is 15.0 Å². The SMILES string of the molecule is O=C(Nc1ncc[nH]1)c1cccc2[nH]ccc12. The molecule has 3 N–H and O–H groups in total. The second-order valence-electron chi connectivity index (χ2n) is 3.64. The quantitative estimate of drug-likeness (QED) is 0.626. The van der Waals surface area contributed by atoms with E-state index in [1.54, 1.807) is 18.5 Å². The number of nitrogens with one attached hydrogen (secondary N) is 3. The molecule has 5 nitrogen and oxygen atoms in total. The minimum absolute atomic E-state index is 0.176. The highest BCUT2D eigenvalue weighted by Crippen LogP contribution is 2.18. The molecule has 2 aromatic heterocycles. The summed E-state index contributed by atoms with van der Waals surface area (Å²) in [5.41, 5.74) is 1.57. The third kappa shape index (κ3) is 1.67. The minimum atomic E-state index is -0.176. The molecular weight excluding hydrogens is 216 g/mol. The molecule has 0 aliphatic heterocycles. The fraction of sp³-hybridized carbons (Fsp3) is 0. The van der Waals surface area contributed by atoms with E-state index in [0.717, 1.165) is 10.9 Å². The van der Waals surface area contributed by atoms with Crippen molar-refractivity contribution in [2.75, 3.05) is 5.32 Å². The van der Waals surface area contributed by atoms with Crippen molar-refractivity contribution in [1.29, 1.82) is 0 Å². The van der Waals surface area contributed by atoms with E-state index in [1.807, 2.05) is 24.4 Å². The van der Waals surface area contributed by atoms with Gasteiger partial charge < -0.3 is 9.97 Å². The maximum Gasteiger partial charge on any atom is 0.258 e. The van der Waals surface area contributed by atoms with Crippen LogP contribution in [0.25, 0.3) is 10.9 Å². The number of rotatable bonds is 2. The highest BCUT2D eigenvalue weighted by molar-refractivity contribution is 6.11. The Kier molecular flexibility index (Phi) is 2.15. The van der Waals surface area contributed by atoms with Crippen LogP contribution in [0.5, 0.6) is 0 Å². The summed E-state index contributed by atoms with van der Waals surface area (Å²) in [6.07, 6.45) is 5.06. The summed E-state index contributed by atoms with van der Waals surface area (Å²) in [7, 11) is 0. The van der Waals surface area contributed by atoms with Crippen LogP contribution in [0.3, 0.4) is 0 Å². The lowest BCUT2D eigenvalue weighted by atomic mass is 10.1.